The zero-order valence-corrected chi connectivity index (χ0v) is 25.1. The van der Waals surface area contributed by atoms with Crippen LogP contribution >= 0.6 is 0 Å². The highest BCUT2D eigenvalue weighted by Crippen LogP contribution is 2.41. The van der Waals surface area contributed by atoms with Crippen LogP contribution in [0.3, 0.4) is 0 Å². The van der Waals surface area contributed by atoms with Gasteiger partial charge in [0.25, 0.3) is 5.91 Å². The first-order chi connectivity index (χ1) is 22.3. The number of nitrogens with one attached hydrogen (secondary N) is 2. The van der Waals surface area contributed by atoms with Gasteiger partial charge in [-0.05, 0) is 74.2 Å². The summed E-state index contributed by atoms with van der Waals surface area (Å²) in [4.78, 5) is 58.1. The number of rotatable bonds is 8. The third kappa shape index (κ3) is 5.13. The molecule has 46 heavy (non-hydrogen) atoms. The van der Waals surface area contributed by atoms with Crippen LogP contribution in [0.25, 0.3) is 21.8 Å². The first-order valence-corrected chi connectivity index (χ1v) is 15.7. The molecule has 12 nitrogen and oxygen atoms in total. The fourth-order valence-corrected chi connectivity index (χ4v) is 7.74. The van der Waals surface area contributed by atoms with Gasteiger partial charge in [0.1, 0.15) is 0 Å². The molecule has 4 aromatic rings. The summed E-state index contributed by atoms with van der Waals surface area (Å²) < 4.78 is 13.2. The Balaban J connectivity index is 0.935. The monoisotopic (exact) mass is 622 g/mol. The second-order valence-corrected chi connectivity index (χ2v) is 12.8. The Bertz CT molecular complexity index is 1940. The lowest BCUT2D eigenvalue weighted by molar-refractivity contribution is -0.131. The second-order valence-electron chi connectivity index (χ2n) is 12.8. The SMILES string of the molecule is NC(=O)c1ccc2c(OC(=O)/C=C/C(=O)Oc3c[nH]c4cc(C(=O)NC5CN6CC[C@H]5C6)ccc34)cn(C3CN4CC[C@H]3C4)c2c1. The molecule has 0 aliphatic carbocycles. The predicted molar refractivity (Wildman–Crippen MR) is 169 cm³/mol. The zero-order chi connectivity index (χ0) is 31.5. The number of carbonyl (C=O) groups excluding carboxylic acids is 4. The Labute approximate surface area is 264 Å². The summed E-state index contributed by atoms with van der Waals surface area (Å²) >= 11 is 0. The van der Waals surface area contributed by atoms with Crippen LogP contribution in [0.1, 0.15) is 39.6 Å². The number of benzene rings is 2. The molecule has 2 aromatic carbocycles. The minimum Gasteiger partial charge on any atom is -0.421 e. The third-order valence-electron chi connectivity index (χ3n) is 10.1. The second kappa shape index (κ2) is 11.1. The van der Waals surface area contributed by atoms with Crippen LogP contribution in [0.15, 0.2) is 60.9 Å². The van der Waals surface area contributed by atoms with Crippen molar-refractivity contribution in [1.82, 2.24) is 24.7 Å². The lowest BCUT2D eigenvalue weighted by atomic mass is 9.99. The molecule has 0 radical (unpaired) electrons. The molecular formula is C34H34N6O6. The molecule has 2 aromatic heterocycles. The fourth-order valence-electron chi connectivity index (χ4n) is 7.74. The van der Waals surface area contributed by atoms with Gasteiger partial charge < -0.3 is 39.9 Å². The van der Waals surface area contributed by atoms with Crippen LogP contribution < -0.4 is 20.5 Å². The average molecular weight is 623 g/mol. The van der Waals surface area contributed by atoms with Gasteiger partial charge in [0.15, 0.2) is 11.5 Å². The van der Waals surface area contributed by atoms with Crippen LogP contribution in [0.5, 0.6) is 11.5 Å². The van der Waals surface area contributed by atoms with Crippen molar-refractivity contribution < 1.29 is 28.7 Å². The van der Waals surface area contributed by atoms with Crippen molar-refractivity contribution in [2.75, 3.05) is 39.3 Å². The third-order valence-corrected chi connectivity index (χ3v) is 10.1. The van der Waals surface area contributed by atoms with Crippen molar-refractivity contribution in [2.24, 2.45) is 17.6 Å². The standard InChI is InChI=1S/C34H34N6O6/c35-33(43)19-1-4-24-27(12-19)40(28-17-39-10-8-22(28)15-39)18-30(24)46-32(42)6-5-31(41)45-29-13-36-25-11-20(2-3-23(25)29)34(44)37-26-16-38-9-7-21(26)14-38/h1-6,11-13,18,21-22,26,28,36H,7-10,14-17H2,(H2,35,43)(H,37,44)/b6-5+/t21-,22-,26?,28?/m0/s1. The summed E-state index contributed by atoms with van der Waals surface area (Å²) in [6, 6.07) is 10.6. The number of fused-ring (bicyclic) bond motifs is 6. The molecule has 2 amide bonds. The highest BCUT2D eigenvalue weighted by Gasteiger charge is 2.40. The molecule has 4 aliphatic rings. The highest BCUT2D eigenvalue weighted by atomic mass is 16.5. The molecule has 236 valence electrons. The normalized spacial score (nSPS) is 26.3. The molecule has 6 atom stereocenters. The molecule has 4 fully saturated rings. The van der Waals surface area contributed by atoms with E-state index in [1.807, 2.05) is 0 Å². The molecule has 0 spiro atoms. The van der Waals surface area contributed by atoms with E-state index in [0.29, 0.717) is 45.0 Å². The number of amides is 2. The van der Waals surface area contributed by atoms with E-state index in [1.54, 1.807) is 48.8 Å². The molecule has 12 heteroatoms. The van der Waals surface area contributed by atoms with Gasteiger partial charge in [-0.1, -0.05) is 0 Å². The maximum Gasteiger partial charge on any atom is 0.336 e. The molecule has 4 unspecified atom stereocenters. The quantitative estimate of drug-likeness (QED) is 0.200. The number of piperidine rings is 2. The van der Waals surface area contributed by atoms with E-state index < -0.39 is 17.8 Å². The Morgan fingerprint density at radius 1 is 0.826 bits per heavy atom. The number of hydrogen-bond acceptors (Lipinski definition) is 8. The number of nitrogens with two attached hydrogens (primary N) is 1. The van der Waals surface area contributed by atoms with Gasteiger partial charge in [-0.25, -0.2) is 9.59 Å². The maximum atomic E-state index is 12.9. The summed E-state index contributed by atoms with van der Waals surface area (Å²) in [5, 5.41) is 4.46. The van der Waals surface area contributed by atoms with Crippen LogP contribution in [0.4, 0.5) is 0 Å². The summed E-state index contributed by atoms with van der Waals surface area (Å²) in [6.07, 6.45) is 7.58. The van der Waals surface area contributed by atoms with Gasteiger partial charge in [-0.2, -0.15) is 0 Å². The van der Waals surface area contributed by atoms with E-state index in [0.717, 1.165) is 69.8 Å². The lowest BCUT2D eigenvalue weighted by Gasteiger charge is -2.24. The molecule has 4 aliphatic heterocycles. The van der Waals surface area contributed by atoms with Gasteiger partial charge in [0.2, 0.25) is 5.91 Å². The van der Waals surface area contributed by atoms with E-state index >= 15 is 0 Å². The number of aromatic amines is 1. The van der Waals surface area contributed by atoms with Gasteiger partial charge >= 0.3 is 11.9 Å². The topological polar surface area (TPSA) is 152 Å². The van der Waals surface area contributed by atoms with Gasteiger partial charge in [-0.15, -0.1) is 0 Å². The van der Waals surface area contributed by atoms with E-state index in [1.165, 1.54) is 0 Å². The Hall–Kier alpha value is -4.94. The number of H-pyrrole nitrogens is 1. The summed E-state index contributed by atoms with van der Waals surface area (Å²) in [6.45, 7) is 6.03. The number of hydrogen-bond donors (Lipinski definition) is 3. The minimum absolute atomic E-state index is 0.125. The molecular weight excluding hydrogens is 588 g/mol. The van der Waals surface area contributed by atoms with Crippen LogP contribution in [-0.2, 0) is 9.59 Å². The van der Waals surface area contributed by atoms with Crippen molar-refractivity contribution in [3.05, 3.63) is 72.1 Å². The van der Waals surface area contributed by atoms with Crippen molar-refractivity contribution >= 4 is 45.6 Å². The number of ether oxygens (including phenoxy) is 2. The highest BCUT2D eigenvalue weighted by molar-refractivity contribution is 6.02. The fraction of sp³-hybridized carbons (Fsp3) is 0.353. The van der Waals surface area contributed by atoms with Crippen LogP contribution in [0.2, 0.25) is 0 Å². The molecule has 8 rings (SSSR count). The Morgan fingerprint density at radius 2 is 1.52 bits per heavy atom. The Morgan fingerprint density at radius 3 is 2.20 bits per heavy atom. The number of esters is 2. The summed E-state index contributed by atoms with van der Waals surface area (Å²) in [5.74, 6) is -0.552. The van der Waals surface area contributed by atoms with Crippen molar-refractivity contribution in [1.29, 1.82) is 0 Å². The first-order valence-electron chi connectivity index (χ1n) is 15.7. The van der Waals surface area contributed by atoms with Crippen molar-refractivity contribution in [3.8, 4) is 11.5 Å². The van der Waals surface area contributed by atoms with Crippen molar-refractivity contribution in [2.45, 2.75) is 24.9 Å². The maximum absolute atomic E-state index is 12.9. The number of aromatic nitrogens is 2. The van der Waals surface area contributed by atoms with Crippen LogP contribution in [0, 0.1) is 11.8 Å². The first kappa shape index (κ1) is 28.5. The number of carbonyl (C=O) groups is 4. The average Bonchev–Trinajstić information content (AvgIpc) is 3.91. The molecule has 4 N–H and O–H groups in total. The van der Waals surface area contributed by atoms with E-state index in [2.05, 4.69) is 24.7 Å². The molecule has 4 saturated heterocycles. The molecule has 0 saturated carbocycles. The number of nitrogens with zero attached hydrogens (tertiary/aromatic N) is 3. The zero-order valence-electron chi connectivity index (χ0n) is 25.1. The largest absolute Gasteiger partial charge is 0.421 e. The molecule has 6 heterocycles. The number of primary amides is 1. The van der Waals surface area contributed by atoms with Gasteiger partial charge in [-0.3, -0.25) is 9.59 Å². The minimum atomic E-state index is -0.754. The summed E-state index contributed by atoms with van der Waals surface area (Å²) in [5.41, 5.74) is 7.87. The van der Waals surface area contributed by atoms with E-state index in [-0.39, 0.29) is 23.7 Å². The van der Waals surface area contributed by atoms with Gasteiger partial charge in [0.05, 0.1) is 17.1 Å². The lowest BCUT2D eigenvalue weighted by Crippen LogP contribution is -2.43. The van der Waals surface area contributed by atoms with Gasteiger partial charge in [0, 0.05) is 78.7 Å². The van der Waals surface area contributed by atoms with Crippen LogP contribution in [-0.4, -0.2) is 88.4 Å². The summed E-state index contributed by atoms with van der Waals surface area (Å²) in [7, 11) is 0. The van der Waals surface area contributed by atoms with E-state index in [4.69, 9.17) is 15.2 Å². The smallest absolute Gasteiger partial charge is 0.336 e. The van der Waals surface area contributed by atoms with Crippen molar-refractivity contribution in [3.63, 3.8) is 0 Å². The predicted octanol–water partition coefficient (Wildman–Crippen LogP) is 2.60. The Kier molecular flexibility index (Phi) is 6.91. The van der Waals surface area contributed by atoms with E-state index in [9.17, 15) is 19.2 Å². The molecule has 4 bridgehead atoms.